The largest absolute Gasteiger partial charge is 0.397 e. The van der Waals surface area contributed by atoms with Gasteiger partial charge in [-0.2, -0.15) is 0 Å². The van der Waals surface area contributed by atoms with Gasteiger partial charge in [0.1, 0.15) is 5.69 Å². The molecule has 0 radical (unpaired) electrons. The average Bonchev–Trinajstić information content (AvgIpc) is 2.52. The molecule has 5 nitrogen and oxygen atoms in total. The fourth-order valence-corrected chi connectivity index (χ4v) is 1.37. The highest BCUT2D eigenvalue weighted by Crippen LogP contribution is 2.20. The van der Waals surface area contributed by atoms with Crippen molar-refractivity contribution in [3.05, 3.63) is 24.0 Å². The van der Waals surface area contributed by atoms with Gasteiger partial charge in [0.05, 0.1) is 23.8 Å². The molecule has 0 saturated heterocycles. The summed E-state index contributed by atoms with van der Waals surface area (Å²) in [5.41, 5.74) is 9.07. The summed E-state index contributed by atoms with van der Waals surface area (Å²) >= 11 is 0. The van der Waals surface area contributed by atoms with Crippen molar-refractivity contribution in [2.75, 3.05) is 5.73 Å². The minimum absolute atomic E-state index is 0.668. The Kier molecular flexibility index (Phi) is 1.92. The van der Waals surface area contributed by atoms with Gasteiger partial charge in [-0.3, -0.25) is 4.98 Å². The van der Waals surface area contributed by atoms with Crippen molar-refractivity contribution < 1.29 is 0 Å². The van der Waals surface area contributed by atoms with E-state index < -0.39 is 0 Å². The molecule has 0 bridgehead atoms. The van der Waals surface area contributed by atoms with E-state index in [1.807, 2.05) is 20.0 Å². The van der Waals surface area contributed by atoms with Crippen LogP contribution >= 0.6 is 0 Å². The molecule has 0 amide bonds. The van der Waals surface area contributed by atoms with Crippen LogP contribution in [0.2, 0.25) is 0 Å². The lowest BCUT2D eigenvalue weighted by atomic mass is 10.1. The van der Waals surface area contributed by atoms with Crippen LogP contribution < -0.4 is 5.73 Å². The van der Waals surface area contributed by atoms with E-state index >= 15 is 0 Å². The van der Waals surface area contributed by atoms with Gasteiger partial charge in [-0.05, 0) is 18.6 Å². The van der Waals surface area contributed by atoms with Gasteiger partial charge < -0.3 is 5.73 Å². The fourth-order valence-electron chi connectivity index (χ4n) is 1.37. The summed E-state index contributed by atoms with van der Waals surface area (Å²) in [6.07, 6.45) is 3.32. The Hall–Kier alpha value is -1.91. The molecule has 0 aromatic carbocycles. The summed E-state index contributed by atoms with van der Waals surface area (Å²) in [6, 6.07) is 1.88. The number of nitrogens with two attached hydrogens (primary N) is 1. The summed E-state index contributed by atoms with van der Waals surface area (Å²) in [6.45, 7) is 1.96. The topological polar surface area (TPSA) is 69.6 Å². The molecule has 0 fully saturated rings. The highest BCUT2D eigenvalue weighted by Gasteiger charge is 2.07. The Bertz CT molecular complexity index is 460. The maximum atomic E-state index is 5.62. The second-order valence-electron chi connectivity index (χ2n) is 3.18. The van der Waals surface area contributed by atoms with Crippen LogP contribution in [0, 0.1) is 6.92 Å². The predicted octanol–water partition coefficient (Wildman–Crippen LogP) is 0.768. The molecule has 0 unspecified atom stereocenters. The first-order valence-corrected chi connectivity index (χ1v) is 4.25. The first kappa shape index (κ1) is 8.68. The minimum atomic E-state index is 0.668. The normalized spacial score (nSPS) is 10.4. The second-order valence-corrected chi connectivity index (χ2v) is 3.18. The van der Waals surface area contributed by atoms with Crippen LogP contribution in [-0.4, -0.2) is 20.0 Å². The van der Waals surface area contributed by atoms with Crippen molar-refractivity contribution in [2.24, 2.45) is 7.05 Å². The van der Waals surface area contributed by atoms with E-state index in [0.717, 1.165) is 17.0 Å². The molecule has 2 aromatic rings. The zero-order valence-electron chi connectivity index (χ0n) is 8.10. The molecule has 72 valence electrons. The van der Waals surface area contributed by atoms with Crippen LogP contribution in [0.5, 0.6) is 0 Å². The summed E-state index contributed by atoms with van der Waals surface area (Å²) < 4.78 is 1.69. The number of hydrogen-bond donors (Lipinski definition) is 1. The molecule has 0 aliphatic heterocycles. The number of aromatic nitrogens is 4. The fraction of sp³-hybridized carbons (Fsp3) is 0.222. The highest BCUT2D eigenvalue weighted by atomic mass is 15.4. The van der Waals surface area contributed by atoms with Crippen LogP contribution in [0.4, 0.5) is 5.69 Å². The average molecular weight is 189 g/mol. The SMILES string of the molecule is Cc1cc(N)cnc1-c1cnnn1C. The van der Waals surface area contributed by atoms with Crippen LogP contribution in [0.15, 0.2) is 18.5 Å². The molecule has 14 heavy (non-hydrogen) atoms. The number of aryl methyl sites for hydroxylation is 2. The lowest BCUT2D eigenvalue weighted by molar-refractivity contribution is 0.719. The zero-order chi connectivity index (χ0) is 10.1. The lowest BCUT2D eigenvalue weighted by Gasteiger charge is -2.04. The molecule has 2 heterocycles. The maximum Gasteiger partial charge on any atom is 0.107 e. The van der Waals surface area contributed by atoms with Crippen LogP contribution in [0.3, 0.4) is 0 Å². The Balaban J connectivity index is 2.58. The van der Waals surface area contributed by atoms with Gasteiger partial charge in [-0.1, -0.05) is 5.21 Å². The highest BCUT2D eigenvalue weighted by molar-refractivity contribution is 5.60. The van der Waals surface area contributed by atoms with Crippen molar-refractivity contribution in [2.45, 2.75) is 6.92 Å². The van der Waals surface area contributed by atoms with E-state index in [-0.39, 0.29) is 0 Å². The van der Waals surface area contributed by atoms with E-state index in [1.165, 1.54) is 0 Å². The molecule has 0 aliphatic carbocycles. The molecular formula is C9H11N5. The Morgan fingerprint density at radius 3 is 2.71 bits per heavy atom. The molecule has 0 atom stereocenters. The number of hydrogen-bond acceptors (Lipinski definition) is 4. The molecule has 2 rings (SSSR count). The Labute approximate surface area is 81.6 Å². The second kappa shape index (κ2) is 3.10. The molecule has 2 N–H and O–H groups in total. The van der Waals surface area contributed by atoms with Crippen LogP contribution in [-0.2, 0) is 7.05 Å². The Morgan fingerprint density at radius 2 is 2.14 bits per heavy atom. The summed E-state index contributed by atoms with van der Waals surface area (Å²) in [7, 11) is 1.83. The van der Waals surface area contributed by atoms with Crippen LogP contribution in [0.1, 0.15) is 5.56 Å². The van der Waals surface area contributed by atoms with Gasteiger partial charge in [-0.25, -0.2) is 4.68 Å². The third-order valence-electron chi connectivity index (χ3n) is 2.06. The van der Waals surface area contributed by atoms with Crippen molar-refractivity contribution in [1.29, 1.82) is 0 Å². The molecular weight excluding hydrogens is 178 g/mol. The summed E-state index contributed by atoms with van der Waals surface area (Å²) in [4.78, 5) is 4.26. The number of rotatable bonds is 1. The quantitative estimate of drug-likeness (QED) is 0.719. The van der Waals surface area contributed by atoms with Gasteiger partial charge in [0.2, 0.25) is 0 Å². The Morgan fingerprint density at radius 1 is 1.36 bits per heavy atom. The van der Waals surface area contributed by atoms with E-state index in [4.69, 9.17) is 5.73 Å². The van der Waals surface area contributed by atoms with Gasteiger partial charge in [-0.15, -0.1) is 5.10 Å². The molecule has 0 aliphatic rings. The molecule has 5 heteroatoms. The molecule has 2 aromatic heterocycles. The minimum Gasteiger partial charge on any atom is -0.397 e. The van der Waals surface area contributed by atoms with Crippen molar-refractivity contribution in [3.63, 3.8) is 0 Å². The third kappa shape index (κ3) is 1.32. The van der Waals surface area contributed by atoms with Crippen molar-refractivity contribution >= 4 is 5.69 Å². The van der Waals surface area contributed by atoms with Gasteiger partial charge in [0.15, 0.2) is 0 Å². The van der Waals surface area contributed by atoms with E-state index in [0.29, 0.717) is 5.69 Å². The molecule has 0 spiro atoms. The predicted molar refractivity (Wildman–Crippen MR) is 53.4 cm³/mol. The zero-order valence-corrected chi connectivity index (χ0v) is 8.10. The van der Waals surface area contributed by atoms with E-state index in [2.05, 4.69) is 15.3 Å². The van der Waals surface area contributed by atoms with Crippen molar-refractivity contribution in [3.8, 4) is 11.4 Å². The number of anilines is 1. The first-order valence-electron chi connectivity index (χ1n) is 4.25. The smallest absolute Gasteiger partial charge is 0.107 e. The number of pyridine rings is 1. The van der Waals surface area contributed by atoms with Gasteiger partial charge in [0, 0.05) is 7.05 Å². The number of nitrogens with zero attached hydrogens (tertiary/aromatic N) is 4. The van der Waals surface area contributed by atoms with Crippen LogP contribution in [0.25, 0.3) is 11.4 Å². The first-order chi connectivity index (χ1) is 6.68. The summed E-state index contributed by atoms with van der Waals surface area (Å²) in [5, 5.41) is 7.66. The van der Waals surface area contributed by atoms with Crippen molar-refractivity contribution in [1.82, 2.24) is 20.0 Å². The summed E-state index contributed by atoms with van der Waals surface area (Å²) in [5.74, 6) is 0. The molecule has 0 saturated carbocycles. The monoisotopic (exact) mass is 189 g/mol. The van der Waals surface area contributed by atoms with Gasteiger partial charge in [0.25, 0.3) is 0 Å². The third-order valence-corrected chi connectivity index (χ3v) is 2.06. The van der Waals surface area contributed by atoms with E-state index in [1.54, 1.807) is 17.1 Å². The van der Waals surface area contributed by atoms with Gasteiger partial charge >= 0.3 is 0 Å². The maximum absolute atomic E-state index is 5.62. The van der Waals surface area contributed by atoms with E-state index in [9.17, 15) is 0 Å². The number of nitrogen functional groups attached to an aromatic ring is 1. The standard InChI is InChI=1S/C9H11N5/c1-6-3-7(10)4-11-9(6)8-5-12-13-14(8)2/h3-5H,10H2,1-2H3. The lowest BCUT2D eigenvalue weighted by Crippen LogP contribution is -1.98.